The van der Waals surface area contributed by atoms with E-state index in [2.05, 4.69) is 176 Å². The number of fused-ring (bicyclic) bond motifs is 6. The molecule has 1 aliphatic rings. The van der Waals surface area contributed by atoms with E-state index in [-0.39, 0.29) is 6.04 Å². The van der Waals surface area contributed by atoms with Crippen molar-refractivity contribution < 1.29 is 4.42 Å². The van der Waals surface area contributed by atoms with E-state index in [9.17, 15) is 0 Å². The first-order valence-electron chi connectivity index (χ1n) is 18.5. The Kier molecular flexibility index (Phi) is 7.76. The molecule has 252 valence electrons. The van der Waals surface area contributed by atoms with Gasteiger partial charge in [0.2, 0.25) is 0 Å². The molecule has 8 aromatic carbocycles. The molecule has 1 atom stereocenters. The number of rotatable bonds is 5. The number of nitrogens with zero attached hydrogens (tertiary/aromatic N) is 2. The van der Waals surface area contributed by atoms with Gasteiger partial charge in [0.15, 0.2) is 5.84 Å². The van der Waals surface area contributed by atoms with Gasteiger partial charge in [0.05, 0.1) is 11.8 Å². The van der Waals surface area contributed by atoms with Gasteiger partial charge in [0.1, 0.15) is 11.2 Å². The molecule has 9 aromatic rings. The Hall–Kier alpha value is -6.58. The van der Waals surface area contributed by atoms with E-state index in [0.29, 0.717) is 0 Å². The molecular formula is C50H36N2O. The van der Waals surface area contributed by atoms with E-state index < -0.39 is 0 Å². The van der Waals surface area contributed by atoms with Crippen LogP contribution in [0.5, 0.6) is 0 Å². The molecule has 0 fully saturated rings. The lowest BCUT2D eigenvalue weighted by molar-refractivity contribution is 0.622. The highest BCUT2D eigenvalue weighted by molar-refractivity contribution is 6.25. The summed E-state index contributed by atoms with van der Waals surface area (Å²) < 4.78 is 6.75. The molecule has 3 nitrogen and oxygen atoms in total. The zero-order valence-electron chi connectivity index (χ0n) is 29.2. The number of hydrogen-bond acceptors (Lipinski definition) is 3. The second kappa shape index (κ2) is 13.2. The standard InChI is InChI=1S/C50H36N2O/c1-3-14-36(15-4-1)45-22-12-23-46(37-16-5-2-6-17-37)52-50(51-45)43-32-44-48-40(21-11-24-47(48)53-49(44)42-20-10-9-19-41(42)43)35-28-25-34(26-29-35)39-30-27-33-13-7-8-18-38(33)31-39/h1-11,13-21,24-32,45H,12,22-23H2/b51-50-,52-46+. The topological polar surface area (TPSA) is 37.9 Å². The lowest BCUT2D eigenvalue weighted by Gasteiger charge is -2.20. The first kappa shape index (κ1) is 31.2. The summed E-state index contributed by atoms with van der Waals surface area (Å²) in [4.78, 5) is 11.0. The minimum absolute atomic E-state index is 0.0134. The summed E-state index contributed by atoms with van der Waals surface area (Å²) in [7, 11) is 0. The molecule has 10 rings (SSSR count). The summed E-state index contributed by atoms with van der Waals surface area (Å²) in [6, 6.07) is 62.6. The summed E-state index contributed by atoms with van der Waals surface area (Å²) in [5.41, 5.74) is 10.9. The minimum Gasteiger partial charge on any atom is -0.455 e. The van der Waals surface area contributed by atoms with E-state index in [1.807, 2.05) is 0 Å². The second-order valence-corrected chi connectivity index (χ2v) is 14.0. The predicted octanol–water partition coefficient (Wildman–Crippen LogP) is 13.4. The van der Waals surface area contributed by atoms with E-state index in [1.165, 1.54) is 27.5 Å². The minimum atomic E-state index is 0.0134. The molecular weight excluding hydrogens is 645 g/mol. The second-order valence-electron chi connectivity index (χ2n) is 14.0. The summed E-state index contributed by atoms with van der Waals surface area (Å²) in [6.07, 6.45) is 2.85. The average Bonchev–Trinajstić information content (AvgIpc) is 3.60. The van der Waals surface area contributed by atoms with Crippen LogP contribution in [0, 0.1) is 0 Å². The maximum atomic E-state index is 6.75. The van der Waals surface area contributed by atoms with Crippen molar-refractivity contribution in [2.75, 3.05) is 0 Å². The Balaban J connectivity index is 1.16. The number of aliphatic imine (C=N–C) groups is 2. The fraction of sp³-hybridized carbons (Fsp3) is 0.0800. The van der Waals surface area contributed by atoms with Crippen molar-refractivity contribution in [1.29, 1.82) is 0 Å². The summed E-state index contributed by atoms with van der Waals surface area (Å²) >= 11 is 0. The van der Waals surface area contributed by atoms with Crippen LogP contribution in [0.2, 0.25) is 0 Å². The van der Waals surface area contributed by atoms with Crippen LogP contribution in [0.3, 0.4) is 0 Å². The average molecular weight is 681 g/mol. The predicted molar refractivity (Wildman–Crippen MR) is 222 cm³/mol. The van der Waals surface area contributed by atoms with Crippen molar-refractivity contribution in [3.05, 3.63) is 193 Å². The van der Waals surface area contributed by atoms with E-state index in [0.717, 1.165) is 85.8 Å². The fourth-order valence-corrected chi connectivity index (χ4v) is 8.06. The van der Waals surface area contributed by atoms with Gasteiger partial charge in [-0.3, -0.25) is 4.99 Å². The van der Waals surface area contributed by atoms with Crippen LogP contribution >= 0.6 is 0 Å². The van der Waals surface area contributed by atoms with Gasteiger partial charge in [-0.15, -0.1) is 0 Å². The van der Waals surface area contributed by atoms with Gasteiger partial charge in [0.25, 0.3) is 0 Å². The van der Waals surface area contributed by atoms with Gasteiger partial charge in [-0.05, 0) is 87.0 Å². The molecule has 0 N–H and O–H groups in total. The van der Waals surface area contributed by atoms with Crippen LogP contribution in [-0.4, -0.2) is 11.5 Å². The van der Waals surface area contributed by atoms with Crippen LogP contribution in [0.25, 0.3) is 65.7 Å². The Morgan fingerprint density at radius 1 is 0.491 bits per heavy atom. The largest absolute Gasteiger partial charge is 0.455 e. The van der Waals surface area contributed by atoms with Crippen molar-refractivity contribution >= 4 is 55.0 Å². The van der Waals surface area contributed by atoms with Crippen molar-refractivity contribution in [2.45, 2.75) is 25.3 Å². The van der Waals surface area contributed by atoms with Crippen LogP contribution < -0.4 is 0 Å². The van der Waals surface area contributed by atoms with Crippen molar-refractivity contribution in [2.24, 2.45) is 9.98 Å². The number of furan rings is 1. The molecule has 0 amide bonds. The van der Waals surface area contributed by atoms with Crippen LogP contribution in [0.1, 0.15) is 42.0 Å². The number of benzene rings is 8. The Morgan fingerprint density at radius 2 is 1.19 bits per heavy atom. The van der Waals surface area contributed by atoms with Crippen molar-refractivity contribution in [3.63, 3.8) is 0 Å². The molecule has 0 bridgehead atoms. The molecule has 3 heteroatoms. The molecule has 0 aliphatic carbocycles. The van der Waals surface area contributed by atoms with Crippen LogP contribution in [0.4, 0.5) is 0 Å². The summed E-state index contributed by atoms with van der Waals surface area (Å²) in [6.45, 7) is 0. The Morgan fingerprint density at radius 3 is 2.02 bits per heavy atom. The fourth-order valence-electron chi connectivity index (χ4n) is 8.06. The maximum absolute atomic E-state index is 6.75. The third-order valence-electron chi connectivity index (χ3n) is 10.7. The van der Waals surface area contributed by atoms with E-state index in [4.69, 9.17) is 14.4 Å². The highest BCUT2D eigenvalue weighted by Crippen LogP contribution is 2.42. The smallest absolute Gasteiger partial charge is 0.156 e. The van der Waals surface area contributed by atoms with Crippen LogP contribution in [0.15, 0.2) is 190 Å². The molecule has 0 saturated carbocycles. The molecule has 53 heavy (non-hydrogen) atoms. The van der Waals surface area contributed by atoms with E-state index in [1.54, 1.807) is 0 Å². The lowest BCUT2D eigenvalue weighted by atomic mass is 9.93. The van der Waals surface area contributed by atoms with Gasteiger partial charge < -0.3 is 4.42 Å². The molecule has 1 aliphatic heterocycles. The summed E-state index contributed by atoms with van der Waals surface area (Å²) in [5, 5.41) is 6.82. The normalized spacial score (nSPS) is 16.9. The third-order valence-corrected chi connectivity index (χ3v) is 10.7. The molecule has 0 radical (unpaired) electrons. The maximum Gasteiger partial charge on any atom is 0.156 e. The quantitative estimate of drug-likeness (QED) is 0.178. The van der Waals surface area contributed by atoms with Gasteiger partial charge in [-0.2, -0.15) is 0 Å². The Bertz CT molecular complexity index is 2850. The SMILES string of the molecule is c1ccc(/C2=N/C(c3cc4c(oc5cccc(-c6ccc(-c7ccc8ccccc8c7)cc6)c54)c4ccccc34)=N\C(c3ccccc3)CCC2)cc1. The van der Waals surface area contributed by atoms with Gasteiger partial charge in [0, 0.05) is 21.7 Å². The highest BCUT2D eigenvalue weighted by Gasteiger charge is 2.22. The van der Waals surface area contributed by atoms with E-state index >= 15 is 0 Å². The molecule has 1 unspecified atom stereocenters. The van der Waals surface area contributed by atoms with Crippen molar-refractivity contribution in [3.8, 4) is 22.3 Å². The Labute approximate surface area is 308 Å². The molecule has 2 heterocycles. The highest BCUT2D eigenvalue weighted by atomic mass is 16.3. The number of amidine groups is 1. The molecule has 0 spiro atoms. The molecule has 0 saturated heterocycles. The van der Waals surface area contributed by atoms with Gasteiger partial charge >= 0.3 is 0 Å². The monoisotopic (exact) mass is 680 g/mol. The zero-order chi connectivity index (χ0) is 35.1. The van der Waals surface area contributed by atoms with Gasteiger partial charge in [-0.1, -0.05) is 158 Å². The lowest BCUT2D eigenvalue weighted by Crippen LogP contribution is -2.13. The third kappa shape index (κ3) is 5.71. The molecule has 1 aromatic heterocycles. The first-order chi connectivity index (χ1) is 26.3. The van der Waals surface area contributed by atoms with Gasteiger partial charge in [-0.25, -0.2) is 4.99 Å². The van der Waals surface area contributed by atoms with Crippen LogP contribution in [-0.2, 0) is 0 Å². The van der Waals surface area contributed by atoms with Crippen molar-refractivity contribution in [1.82, 2.24) is 0 Å². The summed E-state index contributed by atoms with van der Waals surface area (Å²) in [5.74, 6) is 0.766. The number of hydrogen-bond donors (Lipinski definition) is 0. The first-order valence-corrected chi connectivity index (χ1v) is 18.5. The zero-order valence-corrected chi connectivity index (χ0v) is 29.2.